The second kappa shape index (κ2) is 6.14. The Kier molecular flexibility index (Phi) is 3.97. The number of pyridine rings is 1. The minimum absolute atomic E-state index is 0.202. The Hall–Kier alpha value is -2.00. The Balaban J connectivity index is 1.38. The van der Waals surface area contributed by atoms with Crippen LogP contribution in [0, 0.1) is 0 Å². The topological polar surface area (TPSA) is 92.4 Å². The summed E-state index contributed by atoms with van der Waals surface area (Å²) in [4.78, 5) is 10.6. The first-order chi connectivity index (χ1) is 11.6. The van der Waals surface area contributed by atoms with Crippen LogP contribution in [0.5, 0.6) is 0 Å². The highest BCUT2D eigenvalue weighted by Gasteiger charge is 2.32. The molecule has 0 radical (unpaired) electrons. The maximum atomic E-state index is 12.6. The van der Waals surface area contributed by atoms with Crippen LogP contribution in [0.2, 0.25) is 0 Å². The van der Waals surface area contributed by atoms with Crippen LogP contribution in [0.15, 0.2) is 28.9 Å². The van der Waals surface area contributed by atoms with Crippen molar-refractivity contribution >= 4 is 15.8 Å². The smallest absolute Gasteiger partial charge is 0.229 e. The standard InChI is InChI=1S/C15H19N5O3S/c21-24(22,11-13-17-15(23-18-13)12-4-5-12)20-9-7-19(8-10-20)14-3-1-2-6-16-14/h1-3,6,12H,4-5,7-11H2. The first-order valence-corrected chi connectivity index (χ1v) is 9.69. The van der Waals surface area contributed by atoms with Crippen LogP contribution in [0.4, 0.5) is 5.82 Å². The molecule has 1 saturated heterocycles. The van der Waals surface area contributed by atoms with Gasteiger partial charge in [-0.2, -0.15) is 9.29 Å². The van der Waals surface area contributed by atoms with E-state index in [0.717, 1.165) is 18.7 Å². The van der Waals surface area contributed by atoms with Crippen molar-refractivity contribution in [2.45, 2.75) is 24.5 Å². The first-order valence-electron chi connectivity index (χ1n) is 8.08. The predicted octanol–water partition coefficient (Wildman–Crippen LogP) is 0.994. The lowest BCUT2D eigenvalue weighted by atomic mass is 10.3. The van der Waals surface area contributed by atoms with Crippen LogP contribution < -0.4 is 4.90 Å². The molecule has 0 N–H and O–H groups in total. The summed E-state index contributed by atoms with van der Waals surface area (Å²) in [6.45, 7) is 2.12. The lowest BCUT2D eigenvalue weighted by molar-refractivity contribution is 0.371. The van der Waals surface area contributed by atoms with E-state index in [1.54, 1.807) is 6.20 Å². The molecule has 0 atom stereocenters. The molecule has 3 heterocycles. The molecule has 128 valence electrons. The summed E-state index contributed by atoms with van der Waals surface area (Å²) in [5.41, 5.74) is 0. The maximum Gasteiger partial charge on any atom is 0.229 e. The summed E-state index contributed by atoms with van der Waals surface area (Å²) in [6.07, 6.45) is 3.83. The molecule has 1 aliphatic carbocycles. The zero-order valence-corrected chi connectivity index (χ0v) is 14.0. The quantitative estimate of drug-likeness (QED) is 0.795. The Morgan fingerprint density at radius 2 is 1.96 bits per heavy atom. The van der Waals surface area contributed by atoms with Gasteiger partial charge in [0.2, 0.25) is 15.9 Å². The number of sulfonamides is 1. The van der Waals surface area contributed by atoms with Gasteiger partial charge >= 0.3 is 0 Å². The number of rotatable bonds is 5. The number of anilines is 1. The number of nitrogens with zero attached hydrogens (tertiary/aromatic N) is 5. The van der Waals surface area contributed by atoms with Crippen LogP contribution in [0.1, 0.15) is 30.5 Å². The second-order valence-electron chi connectivity index (χ2n) is 6.15. The molecule has 0 aromatic carbocycles. The number of aromatic nitrogens is 3. The van der Waals surface area contributed by atoms with E-state index < -0.39 is 10.0 Å². The molecule has 9 heteroatoms. The van der Waals surface area contributed by atoms with Crippen molar-refractivity contribution in [1.82, 2.24) is 19.4 Å². The highest BCUT2D eigenvalue weighted by atomic mass is 32.2. The largest absolute Gasteiger partial charge is 0.354 e. The normalized spacial score (nSPS) is 19.6. The summed E-state index contributed by atoms with van der Waals surface area (Å²) in [5.74, 6) is 1.83. The third kappa shape index (κ3) is 3.27. The van der Waals surface area contributed by atoms with Crippen LogP contribution in [0.3, 0.4) is 0 Å². The Morgan fingerprint density at radius 1 is 1.17 bits per heavy atom. The lowest BCUT2D eigenvalue weighted by Gasteiger charge is -2.34. The van der Waals surface area contributed by atoms with E-state index in [0.29, 0.717) is 38.0 Å². The van der Waals surface area contributed by atoms with Gasteiger partial charge in [-0.05, 0) is 25.0 Å². The van der Waals surface area contributed by atoms with Crippen LogP contribution in [-0.2, 0) is 15.8 Å². The molecule has 2 aliphatic rings. The lowest BCUT2D eigenvalue weighted by Crippen LogP contribution is -2.49. The number of hydrogen-bond donors (Lipinski definition) is 0. The van der Waals surface area contributed by atoms with Crippen molar-refractivity contribution in [3.63, 3.8) is 0 Å². The minimum atomic E-state index is -3.43. The van der Waals surface area contributed by atoms with Crippen molar-refractivity contribution in [2.24, 2.45) is 0 Å². The van der Waals surface area contributed by atoms with E-state index in [9.17, 15) is 8.42 Å². The van der Waals surface area contributed by atoms with Crippen molar-refractivity contribution in [1.29, 1.82) is 0 Å². The van der Waals surface area contributed by atoms with E-state index in [-0.39, 0.29) is 11.6 Å². The van der Waals surface area contributed by atoms with Gasteiger partial charge in [0.25, 0.3) is 0 Å². The molecule has 2 aromatic rings. The van der Waals surface area contributed by atoms with E-state index in [4.69, 9.17) is 4.52 Å². The molecule has 8 nitrogen and oxygen atoms in total. The van der Waals surface area contributed by atoms with Gasteiger partial charge in [-0.1, -0.05) is 11.2 Å². The Morgan fingerprint density at radius 3 is 2.62 bits per heavy atom. The van der Waals surface area contributed by atoms with Gasteiger partial charge in [0.1, 0.15) is 11.6 Å². The first kappa shape index (κ1) is 15.5. The van der Waals surface area contributed by atoms with E-state index in [1.165, 1.54) is 4.31 Å². The molecular weight excluding hydrogens is 330 g/mol. The average molecular weight is 349 g/mol. The molecule has 2 aromatic heterocycles. The van der Waals surface area contributed by atoms with E-state index >= 15 is 0 Å². The number of piperazine rings is 1. The predicted molar refractivity (Wildman–Crippen MR) is 86.9 cm³/mol. The maximum absolute atomic E-state index is 12.6. The minimum Gasteiger partial charge on any atom is -0.354 e. The van der Waals surface area contributed by atoms with Gasteiger partial charge in [-0.15, -0.1) is 0 Å². The molecule has 24 heavy (non-hydrogen) atoms. The van der Waals surface area contributed by atoms with Gasteiger partial charge in [0, 0.05) is 38.3 Å². The summed E-state index contributed by atoms with van der Waals surface area (Å²) in [6, 6.07) is 5.73. The molecule has 4 rings (SSSR count). The van der Waals surface area contributed by atoms with Crippen molar-refractivity contribution in [3.05, 3.63) is 36.1 Å². The van der Waals surface area contributed by atoms with E-state index in [1.807, 2.05) is 18.2 Å². The summed E-state index contributed by atoms with van der Waals surface area (Å²) >= 11 is 0. The highest BCUT2D eigenvalue weighted by Crippen LogP contribution is 2.38. The van der Waals surface area contributed by atoms with Crippen molar-refractivity contribution in [3.8, 4) is 0 Å². The summed E-state index contributed by atoms with van der Waals surface area (Å²) < 4.78 is 31.8. The Labute approximate surface area is 140 Å². The molecule has 1 saturated carbocycles. The fourth-order valence-corrected chi connectivity index (χ4v) is 4.16. The fourth-order valence-electron chi connectivity index (χ4n) is 2.81. The third-order valence-corrected chi connectivity index (χ3v) is 6.10. The highest BCUT2D eigenvalue weighted by molar-refractivity contribution is 7.88. The zero-order chi connectivity index (χ0) is 16.6. The molecule has 0 amide bonds. The SMILES string of the molecule is O=S(=O)(Cc1noc(C2CC2)n1)N1CCN(c2ccccn2)CC1. The summed E-state index contributed by atoms with van der Waals surface area (Å²) in [5, 5.41) is 3.81. The van der Waals surface area contributed by atoms with Crippen molar-refractivity contribution < 1.29 is 12.9 Å². The molecule has 0 spiro atoms. The number of hydrogen-bond acceptors (Lipinski definition) is 7. The second-order valence-corrected chi connectivity index (χ2v) is 8.12. The summed E-state index contributed by atoms with van der Waals surface area (Å²) in [7, 11) is -3.43. The van der Waals surface area contributed by atoms with Gasteiger partial charge < -0.3 is 9.42 Å². The fraction of sp³-hybridized carbons (Fsp3) is 0.533. The Bertz CT molecular complexity index is 796. The van der Waals surface area contributed by atoms with Crippen LogP contribution in [0.25, 0.3) is 0 Å². The molecule has 0 unspecified atom stereocenters. The van der Waals surface area contributed by atoms with Gasteiger partial charge in [-0.25, -0.2) is 13.4 Å². The van der Waals surface area contributed by atoms with Crippen LogP contribution >= 0.6 is 0 Å². The van der Waals surface area contributed by atoms with Gasteiger partial charge in [-0.3, -0.25) is 0 Å². The van der Waals surface area contributed by atoms with Crippen molar-refractivity contribution in [2.75, 3.05) is 31.1 Å². The van der Waals surface area contributed by atoms with Crippen LogP contribution in [-0.4, -0.2) is 54.0 Å². The molecular formula is C15H19N5O3S. The molecule has 0 bridgehead atoms. The zero-order valence-electron chi connectivity index (χ0n) is 13.2. The van der Waals surface area contributed by atoms with Gasteiger partial charge in [0.05, 0.1) is 0 Å². The molecule has 1 aliphatic heterocycles. The van der Waals surface area contributed by atoms with E-state index in [2.05, 4.69) is 20.0 Å². The van der Waals surface area contributed by atoms with Gasteiger partial charge in [0.15, 0.2) is 5.82 Å². The average Bonchev–Trinajstić information content (AvgIpc) is 3.36. The third-order valence-electron chi connectivity index (χ3n) is 4.33. The monoisotopic (exact) mass is 349 g/mol. The molecule has 2 fully saturated rings.